The summed E-state index contributed by atoms with van der Waals surface area (Å²) in [6, 6.07) is 9.89. The lowest BCUT2D eigenvalue weighted by molar-refractivity contribution is -0.130. The average Bonchev–Trinajstić information content (AvgIpc) is 3.31. The van der Waals surface area contributed by atoms with Crippen molar-refractivity contribution in [2.45, 2.75) is 39.7 Å². The predicted molar refractivity (Wildman–Crippen MR) is 113 cm³/mol. The summed E-state index contributed by atoms with van der Waals surface area (Å²) in [5, 5.41) is 5.71. The van der Waals surface area contributed by atoms with Crippen LogP contribution in [0, 0.1) is 13.8 Å². The van der Waals surface area contributed by atoms with Gasteiger partial charge in [0.05, 0.1) is 13.0 Å². The molecule has 0 saturated carbocycles. The van der Waals surface area contributed by atoms with Crippen LogP contribution < -0.4 is 16.2 Å². The first-order valence-electron chi connectivity index (χ1n) is 9.37. The minimum atomic E-state index is -0.406. The third-order valence-corrected chi connectivity index (χ3v) is 5.45. The molecule has 0 atom stereocenters. The molecule has 29 heavy (non-hydrogen) atoms. The maximum Gasteiger partial charge on any atom is 0.242 e. The molecule has 152 valence electrons. The number of rotatable bonds is 7. The summed E-state index contributed by atoms with van der Waals surface area (Å²) in [5.74, 6) is -0.924. The monoisotopic (exact) mass is 412 g/mol. The Hall–Kier alpha value is -3.13. The van der Waals surface area contributed by atoms with Gasteiger partial charge < -0.3 is 10.3 Å². The first-order chi connectivity index (χ1) is 13.9. The molecule has 2 aromatic heterocycles. The van der Waals surface area contributed by atoms with Gasteiger partial charge in [-0.05, 0) is 43.0 Å². The topological polar surface area (TPSA) is 103 Å². The quantitative estimate of drug-likeness (QED) is 0.449. The molecule has 4 N–H and O–H groups in total. The number of carbonyl (C=O) groups is 3. The fourth-order valence-corrected chi connectivity index (χ4v) is 3.69. The molecule has 1 aromatic carbocycles. The predicted octanol–water partition coefficient (Wildman–Crippen LogP) is 2.63. The molecule has 0 unspecified atom stereocenters. The number of fused-ring (bicyclic) bond motifs is 1. The Labute approximate surface area is 172 Å². The van der Waals surface area contributed by atoms with E-state index in [-0.39, 0.29) is 31.1 Å². The van der Waals surface area contributed by atoms with Gasteiger partial charge in [-0.1, -0.05) is 17.7 Å². The standard InChI is InChI=1S/C21H24N4O3S/c1-13-5-6-18-17(10-13)16(14(2)23-18)11-21(28)25-24-20(27)8-7-19(26)22-12-15-4-3-9-29-15/h3-6,9-10,23H,7-8,11-12H2,1-2H3,(H,22,26)(H,24,27)(H,25,28). The third kappa shape index (κ3) is 5.68. The lowest BCUT2D eigenvalue weighted by Gasteiger charge is -2.08. The molecule has 0 aliphatic rings. The largest absolute Gasteiger partial charge is 0.358 e. The van der Waals surface area contributed by atoms with Crippen LogP contribution in [0.25, 0.3) is 10.9 Å². The maximum absolute atomic E-state index is 12.2. The zero-order chi connectivity index (χ0) is 20.8. The molecule has 0 fully saturated rings. The Morgan fingerprint density at radius 1 is 1.00 bits per heavy atom. The van der Waals surface area contributed by atoms with Crippen LogP contribution in [0.15, 0.2) is 35.7 Å². The highest BCUT2D eigenvalue weighted by atomic mass is 32.1. The SMILES string of the molecule is Cc1ccc2[nH]c(C)c(CC(=O)NNC(=O)CCC(=O)NCc3cccs3)c2c1. The molecule has 0 bridgehead atoms. The van der Waals surface area contributed by atoms with E-state index in [9.17, 15) is 14.4 Å². The Morgan fingerprint density at radius 2 is 1.76 bits per heavy atom. The van der Waals surface area contributed by atoms with Crippen molar-refractivity contribution >= 4 is 40.0 Å². The second-order valence-corrected chi connectivity index (χ2v) is 7.94. The van der Waals surface area contributed by atoms with Crippen LogP contribution in [-0.4, -0.2) is 22.7 Å². The van der Waals surface area contributed by atoms with Gasteiger partial charge in [0.25, 0.3) is 0 Å². The van der Waals surface area contributed by atoms with Crippen LogP contribution in [0.4, 0.5) is 0 Å². The molecule has 3 rings (SSSR count). The van der Waals surface area contributed by atoms with Crippen LogP contribution in [0.3, 0.4) is 0 Å². The van der Waals surface area contributed by atoms with Gasteiger partial charge in [0.2, 0.25) is 17.7 Å². The average molecular weight is 413 g/mol. The van der Waals surface area contributed by atoms with Crippen molar-refractivity contribution in [3.8, 4) is 0 Å². The second-order valence-electron chi connectivity index (χ2n) is 6.91. The Kier molecular flexibility index (Phi) is 6.66. The van der Waals surface area contributed by atoms with Crippen molar-refractivity contribution in [1.29, 1.82) is 0 Å². The summed E-state index contributed by atoms with van der Waals surface area (Å²) in [7, 11) is 0. The molecular weight excluding hydrogens is 388 g/mol. The van der Waals surface area contributed by atoms with Gasteiger partial charge in [0.15, 0.2) is 0 Å². The highest BCUT2D eigenvalue weighted by Crippen LogP contribution is 2.23. The number of aromatic nitrogens is 1. The minimum Gasteiger partial charge on any atom is -0.358 e. The van der Waals surface area contributed by atoms with Crippen LogP contribution in [-0.2, 0) is 27.3 Å². The van der Waals surface area contributed by atoms with E-state index < -0.39 is 5.91 Å². The molecule has 0 aliphatic carbocycles. The van der Waals surface area contributed by atoms with Gasteiger partial charge in [0.1, 0.15) is 0 Å². The lowest BCUT2D eigenvalue weighted by atomic mass is 10.1. The number of benzene rings is 1. The molecule has 8 heteroatoms. The van der Waals surface area contributed by atoms with Gasteiger partial charge in [-0.15, -0.1) is 11.3 Å². The van der Waals surface area contributed by atoms with E-state index in [1.807, 2.05) is 49.6 Å². The minimum absolute atomic E-state index is 0.00185. The normalized spacial score (nSPS) is 10.7. The van der Waals surface area contributed by atoms with E-state index in [4.69, 9.17) is 0 Å². The summed E-state index contributed by atoms with van der Waals surface area (Å²) in [4.78, 5) is 40.3. The number of hydrazine groups is 1. The smallest absolute Gasteiger partial charge is 0.242 e. The summed E-state index contributed by atoms with van der Waals surface area (Å²) in [6.07, 6.45) is 0.215. The highest BCUT2D eigenvalue weighted by Gasteiger charge is 2.14. The van der Waals surface area contributed by atoms with E-state index in [2.05, 4.69) is 21.2 Å². The Morgan fingerprint density at radius 3 is 2.52 bits per heavy atom. The zero-order valence-electron chi connectivity index (χ0n) is 16.4. The number of thiophene rings is 1. The Balaban J connectivity index is 1.42. The first kappa shape index (κ1) is 20.6. The zero-order valence-corrected chi connectivity index (χ0v) is 17.2. The van der Waals surface area contributed by atoms with Gasteiger partial charge in [-0.3, -0.25) is 25.2 Å². The number of nitrogens with one attached hydrogen (secondary N) is 4. The van der Waals surface area contributed by atoms with Crippen molar-refractivity contribution in [3.05, 3.63) is 57.4 Å². The highest BCUT2D eigenvalue weighted by molar-refractivity contribution is 7.09. The summed E-state index contributed by atoms with van der Waals surface area (Å²) in [6.45, 7) is 4.38. The first-order valence-corrected chi connectivity index (χ1v) is 10.2. The number of aromatic amines is 1. The van der Waals surface area contributed by atoms with Crippen LogP contribution in [0.1, 0.15) is 34.5 Å². The molecular formula is C21H24N4O3S. The molecule has 3 aromatic rings. The number of hydrogen-bond acceptors (Lipinski definition) is 4. The second kappa shape index (κ2) is 9.38. The van der Waals surface area contributed by atoms with Crippen molar-refractivity contribution in [1.82, 2.24) is 21.2 Å². The van der Waals surface area contributed by atoms with Gasteiger partial charge >= 0.3 is 0 Å². The molecule has 0 aliphatic heterocycles. The lowest BCUT2D eigenvalue weighted by Crippen LogP contribution is -2.42. The molecule has 7 nitrogen and oxygen atoms in total. The fourth-order valence-electron chi connectivity index (χ4n) is 3.05. The molecule has 0 spiro atoms. The number of aryl methyl sites for hydroxylation is 2. The van der Waals surface area contributed by atoms with Crippen molar-refractivity contribution < 1.29 is 14.4 Å². The molecule has 0 radical (unpaired) electrons. The third-order valence-electron chi connectivity index (χ3n) is 4.57. The van der Waals surface area contributed by atoms with E-state index in [0.29, 0.717) is 6.54 Å². The number of hydrogen-bond donors (Lipinski definition) is 4. The van der Waals surface area contributed by atoms with Crippen LogP contribution >= 0.6 is 11.3 Å². The molecule has 0 saturated heterocycles. The number of amides is 3. The summed E-state index contributed by atoms with van der Waals surface area (Å²) < 4.78 is 0. The van der Waals surface area contributed by atoms with Crippen molar-refractivity contribution in [2.24, 2.45) is 0 Å². The van der Waals surface area contributed by atoms with Gasteiger partial charge in [-0.25, -0.2) is 0 Å². The van der Waals surface area contributed by atoms with Gasteiger partial charge in [-0.2, -0.15) is 0 Å². The van der Waals surface area contributed by atoms with E-state index in [1.165, 1.54) is 0 Å². The van der Waals surface area contributed by atoms with Gasteiger partial charge in [0, 0.05) is 34.3 Å². The summed E-state index contributed by atoms with van der Waals surface area (Å²) in [5.41, 5.74) is 8.72. The van der Waals surface area contributed by atoms with Crippen LogP contribution in [0.5, 0.6) is 0 Å². The van der Waals surface area contributed by atoms with E-state index in [0.717, 1.165) is 32.6 Å². The number of H-pyrrole nitrogens is 1. The van der Waals surface area contributed by atoms with E-state index in [1.54, 1.807) is 11.3 Å². The van der Waals surface area contributed by atoms with E-state index >= 15 is 0 Å². The summed E-state index contributed by atoms with van der Waals surface area (Å²) >= 11 is 1.56. The Bertz CT molecular complexity index is 1020. The number of carbonyl (C=O) groups excluding carboxylic acids is 3. The maximum atomic E-state index is 12.2. The molecule has 3 amide bonds. The van der Waals surface area contributed by atoms with Crippen molar-refractivity contribution in [3.63, 3.8) is 0 Å². The fraction of sp³-hybridized carbons (Fsp3) is 0.286. The van der Waals surface area contributed by atoms with Crippen molar-refractivity contribution in [2.75, 3.05) is 0 Å². The molecule has 2 heterocycles. The van der Waals surface area contributed by atoms with Crippen LogP contribution in [0.2, 0.25) is 0 Å².